The molecule has 1 unspecified atom stereocenters. The maximum Gasteiger partial charge on any atom is 0.246 e. The van der Waals surface area contributed by atoms with Crippen LogP contribution in [0, 0.1) is 0 Å². The van der Waals surface area contributed by atoms with E-state index in [-0.39, 0.29) is 18.4 Å². The number of primary amides is 1. The molecule has 0 saturated carbocycles. The summed E-state index contributed by atoms with van der Waals surface area (Å²) in [6, 6.07) is 11.6. The second kappa shape index (κ2) is 6.66. The predicted molar refractivity (Wildman–Crippen MR) is 91.0 cm³/mol. The Morgan fingerprint density at radius 3 is 2.75 bits per heavy atom. The van der Waals surface area contributed by atoms with Crippen LogP contribution in [0.2, 0.25) is 0 Å². The summed E-state index contributed by atoms with van der Waals surface area (Å²) in [7, 11) is 0. The zero-order valence-corrected chi connectivity index (χ0v) is 13.3. The van der Waals surface area contributed by atoms with Gasteiger partial charge in [0.05, 0.1) is 12.5 Å². The van der Waals surface area contributed by atoms with Gasteiger partial charge in [0.15, 0.2) is 0 Å². The van der Waals surface area contributed by atoms with Gasteiger partial charge in [-0.2, -0.15) is 0 Å². The van der Waals surface area contributed by atoms with E-state index in [9.17, 15) is 9.59 Å². The summed E-state index contributed by atoms with van der Waals surface area (Å²) in [6.07, 6.45) is 3.99. The molecule has 0 bridgehead atoms. The lowest BCUT2D eigenvalue weighted by Crippen LogP contribution is -2.39. The van der Waals surface area contributed by atoms with Crippen LogP contribution < -0.4 is 5.73 Å². The second-order valence-electron chi connectivity index (χ2n) is 5.81. The Morgan fingerprint density at radius 1 is 1.29 bits per heavy atom. The van der Waals surface area contributed by atoms with E-state index >= 15 is 0 Å². The summed E-state index contributed by atoms with van der Waals surface area (Å²) in [5.74, 6) is -0.516. The number of nitrogens with zero attached hydrogens (tertiary/aromatic N) is 2. The molecule has 122 valence electrons. The van der Waals surface area contributed by atoms with Crippen molar-refractivity contribution in [1.82, 2.24) is 9.88 Å². The molecule has 1 atom stereocenters. The smallest absolute Gasteiger partial charge is 0.246 e. The van der Waals surface area contributed by atoms with Crippen LogP contribution in [0.5, 0.6) is 0 Å². The number of hydrogen-bond donors (Lipinski definition) is 1. The normalized spacial score (nSPS) is 16.3. The first-order valence-electron chi connectivity index (χ1n) is 7.84. The van der Waals surface area contributed by atoms with Crippen molar-refractivity contribution < 1.29 is 9.59 Å². The fourth-order valence-corrected chi connectivity index (χ4v) is 3.16. The first-order chi connectivity index (χ1) is 11.6. The molecule has 24 heavy (non-hydrogen) atoms. The largest absolute Gasteiger partial charge is 0.369 e. The molecule has 0 spiro atoms. The predicted octanol–water partition coefficient (Wildman–Crippen LogP) is 1.77. The van der Waals surface area contributed by atoms with Crippen LogP contribution >= 0.6 is 0 Å². The summed E-state index contributed by atoms with van der Waals surface area (Å²) >= 11 is 0. The number of pyridine rings is 1. The third-order valence-electron chi connectivity index (χ3n) is 4.26. The van der Waals surface area contributed by atoms with Crippen molar-refractivity contribution in [3.63, 3.8) is 0 Å². The van der Waals surface area contributed by atoms with Crippen molar-refractivity contribution in [2.75, 3.05) is 6.54 Å². The van der Waals surface area contributed by atoms with E-state index in [1.165, 1.54) is 11.6 Å². The van der Waals surface area contributed by atoms with Gasteiger partial charge in [-0.25, -0.2) is 0 Å². The first kappa shape index (κ1) is 15.9. The zero-order chi connectivity index (χ0) is 17.1. The van der Waals surface area contributed by atoms with Crippen molar-refractivity contribution in [3.05, 3.63) is 77.6 Å². The van der Waals surface area contributed by atoms with Crippen LogP contribution in [0.15, 0.2) is 55.3 Å². The van der Waals surface area contributed by atoms with Crippen LogP contribution in [0.3, 0.4) is 0 Å². The Bertz CT molecular complexity index is 783. The minimum Gasteiger partial charge on any atom is -0.369 e. The minimum absolute atomic E-state index is 0.101. The van der Waals surface area contributed by atoms with Gasteiger partial charge in [0.2, 0.25) is 11.8 Å². The number of fused-ring (bicyclic) bond motifs is 1. The Hall–Kier alpha value is -2.95. The highest BCUT2D eigenvalue weighted by Gasteiger charge is 2.30. The third kappa shape index (κ3) is 3.06. The lowest BCUT2D eigenvalue weighted by molar-refractivity contribution is -0.128. The van der Waals surface area contributed by atoms with Gasteiger partial charge < -0.3 is 10.6 Å². The fourth-order valence-electron chi connectivity index (χ4n) is 3.16. The van der Waals surface area contributed by atoms with Crippen LogP contribution in [0.4, 0.5) is 0 Å². The second-order valence-corrected chi connectivity index (χ2v) is 5.81. The number of aromatic nitrogens is 1. The van der Waals surface area contributed by atoms with Gasteiger partial charge in [-0.1, -0.05) is 36.9 Å². The zero-order valence-electron chi connectivity index (χ0n) is 13.3. The van der Waals surface area contributed by atoms with Crippen molar-refractivity contribution >= 4 is 11.8 Å². The quantitative estimate of drug-likeness (QED) is 0.872. The number of amides is 2. The Kier molecular flexibility index (Phi) is 4.42. The molecular formula is C19H19N3O2. The van der Waals surface area contributed by atoms with Gasteiger partial charge in [0.1, 0.15) is 0 Å². The molecule has 2 amide bonds. The average molecular weight is 321 g/mol. The molecule has 5 nitrogen and oxygen atoms in total. The number of hydrogen-bond acceptors (Lipinski definition) is 3. The van der Waals surface area contributed by atoms with Gasteiger partial charge in [-0.05, 0) is 35.3 Å². The van der Waals surface area contributed by atoms with Crippen molar-refractivity contribution in [2.24, 2.45) is 5.73 Å². The Labute approximate surface area is 140 Å². The van der Waals surface area contributed by atoms with E-state index < -0.39 is 5.91 Å². The molecule has 0 aliphatic carbocycles. The summed E-state index contributed by atoms with van der Waals surface area (Å²) in [6.45, 7) is 4.24. The molecule has 5 heteroatoms. The van der Waals surface area contributed by atoms with Gasteiger partial charge in [-0.15, -0.1) is 0 Å². The maximum atomic E-state index is 12.3. The molecule has 1 aliphatic heterocycles. The average Bonchev–Trinajstić information content (AvgIpc) is 2.60. The molecule has 0 fully saturated rings. The van der Waals surface area contributed by atoms with E-state index in [0.29, 0.717) is 12.2 Å². The number of carbonyl (C=O) groups is 2. The number of rotatable bonds is 4. The molecule has 2 aromatic rings. The molecule has 0 saturated heterocycles. The van der Waals surface area contributed by atoms with Crippen LogP contribution in [0.1, 0.15) is 28.4 Å². The van der Waals surface area contributed by atoms with Crippen LogP contribution in [0.25, 0.3) is 0 Å². The first-order valence-corrected chi connectivity index (χ1v) is 7.84. The summed E-state index contributed by atoms with van der Waals surface area (Å²) < 4.78 is 0. The van der Waals surface area contributed by atoms with Crippen molar-refractivity contribution in [2.45, 2.75) is 18.9 Å². The third-order valence-corrected chi connectivity index (χ3v) is 4.26. The van der Waals surface area contributed by atoms with Gasteiger partial charge in [0, 0.05) is 18.4 Å². The molecule has 1 aliphatic rings. The summed E-state index contributed by atoms with van der Waals surface area (Å²) in [5.41, 5.74) is 9.07. The lowest BCUT2D eigenvalue weighted by atomic mass is 9.88. The molecule has 1 aromatic heterocycles. The summed E-state index contributed by atoms with van der Waals surface area (Å²) in [5, 5.41) is 0. The molecule has 2 heterocycles. The number of nitrogens with two attached hydrogens (primary N) is 1. The van der Waals surface area contributed by atoms with Crippen LogP contribution in [-0.2, 0) is 22.4 Å². The van der Waals surface area contributed by atoms with Gasteiger partial charge in [0.25, 0.3) is 0 Å². The minimum atomic E-state index is -0.415. The number of carbonyl (C=O) groups excluding carboxylic acids is 2. The van der Waals surface area contributed by atoms with E-state index in [1.807, 2.05) is 24.3 Å². The van der Waals surface area contributed by atoms with Crippen LogP contribution in [-0.4, -0.2) is 28.2 Å². The summed E-state index contributed by atoms with van der Waals surface area (Å²) in [4.78, 5) is 29.4. The monoisotopic (exact) mass is 321 g/mol. The number of benzene rings is 1. The molecule has 0 radical (unpaired) electrons. The van der Waals surface area contributed by atoms with E-state index in [4.69, 9.17) is 5.73 Å². The van der Waals surface area contributed by atoms with Crippen molar-refractivity contribution in [1.29, 1.82) is 0 Å². The SMILES string of the molecule is C=CC(=O)N1CCc2ccccc2C1c1ccc(CC(N)=O)nc1. The van der Waals surface area contributed by atoms with Crippen molar-refractivity contribution in [3.8, 4) is 0 Å². The van der Waals surface area contributed by atoms with Gasteiger partial charge in [-0.3, -0.25) is 14.6 Å². The van der Waals surface area contributed by atoms with Gasteiger partial charge >= 0.3 is 0 Å². The Balaban J connectivity index is 2.01. The maximum absolute atomic E-state index is 12.3. The molecule has 2 N–H and O–H groups in total. The molecular weight excluding hydrogens is 302 g/mol. The van der Waals surface area contributed by atoms with E-state index in [0.717, 1.165) is 17.5 Å². The molecule has 3 rings (SSSR count). The Morgan fingerprint density at radius 2 is 2.08 bits per heavy atom. The highest BCUT2D eigenvalue weighted by atomic mass is 16.2. The van der Waals surface area contributed by atoms with E-state index in [2.05, 4.69) is 17.6 Å². The highest BCUT2D eigenvalue weighted by molar-refractivity contribution is 5.88. The highest BCUT2D eigenvalue weighted by Crippen LogP contribution is 2.35. The molecule has 1 aromatic carbocycles. The standard InChI is InChI=1S/C19H19N3O2/c1-2-18(24)22-10-9-13-5-3-4-6-16(13)19(22)14-7-8-15(21-12-14)11-17(20)23/h2-8,12,19H,1,9-11H2,(H2,20,23). The topological polar surface area (TPSA) is 76.3 Å². The van der Waals surface area contributed by atoms with E-state index in [1.54, 1.807) is 17.2 Å². The lowest BCUT2D eigenvalue weighted by Gasteiger charge is -2.37. The fraction of sp³-hybridized carbons (Fsp3) is 0.211.